The fraction of sp³-hybridized carbons (Fsp3) is 0.857. The molecule has 0 saturated heterocycles. The number of carboxylic acids is 1. The highest BCUT2D eigenvalue weighted by molar-refractivity contribution is 8.00. The number of thiol groups is 1. The van der Waals surface area contributed by atoms with Crippen LogP contribution in [0.15, 0.2) is 0 Å². The van der Waals surface area contributed by atoms with Gasteiger partial charge in [-0.2, -0.15) is 11.8 Å². The zero-order chi connectivity index (χ0) is 9.78. The van der Waals surface area contributed by atoms with Gasteiger partial charge in [0.25, 0.3) is 0 Å². The lowest BCUT2D eigenvalue weighted by molar-refractivity contribution is -0.138. The number of carbonyl (C=O) groups is 1. The number of thioether (sulfide) groups is 1. The summed E-state index contributed by atoms with van der Waals surface area (Å²) in [6.45, 7) is 6.15. The minimum Gasteiger partial charge on any atom is -0.480 e. The van der Waals surface area contributed by atoms with E-state index < -0.39 is 12.0 Å². The Morgan fingerprint density at radius 2 is 2.17 bits per heavy atom. The molecule has 0 aliphatic heterocycles. The summed E-state index contributed by atoms with van der Waals surface area (Å²) in [5.74, 6) is -0.329. The second-order valence-corrected chi connectivity index (χ2v) is 5.55. The van der Waals surface area contributed by atoms with Crippen LogP contribution in [0.4, 0.5) is 0 Å². The van der Waals surface area contributed by atoms with Gasteiger partial charge in [0.2, 0.25) is 0 Å². The second kappa shape index (κ2) is 4.99. The van der Waals surface area contributed by atoms with Crippen molar-refractivity contribution in [3.8, 4) is 0 Å². The lowest BCUT2D eigenvalue weighted by atomic mass is 10.3. The molecule has 2 N–H and O–H groups in total. The molecule has 0 aliphatic carbocycles. The van der Waals surface area contributed by atoms with E-state index in [1.165, 1.54) is 0 Å². The summed E-state index contributed by atoms with van der Waals surface area (Å²) in [5.41, 5.74) is 0. The van der Waals surface area contributed by atoms with Crippen molar-refractivity contribution >= 4 is 30.5 Å². The first kappa shape index (κ1) is 12.1. The van der Waals surface area contributed by atoms with Crippen LogP contribution >= 0.6 is 24.6 Å². The van der Waals surface area contributed by atoms with E-state index in [1.807, 2.05) is 0 Å². The normalized spacial score (nSPS) is 14.3. The van der Waals surface area contributed by atoms with Gasteiger partial charge in [-0.05, 0) is 0 Å². The summed E-state index contributed by atoms with van der Waals surface area (Å²) in [7, 11) is 0. The van der Waals surface area contributed by atoms with Gasteiger partial charge in [-0.25, -0.2) is 0 Å². The van der Waals surface area contributed by atoms with Crippen LogP contribution in [-0.4, -0.2) is 27.6 Å². The van der Waals surface area contributed by atoms with Gasteiger partial charge >= 0.3 is 5.97 Å². The average Bonchev–Trinajstić information content (AvgIpc) is 1.85. The van der Waals surface area contributed by atoms with E-state index in [2.05, 4.69) is 38.3 Å². The van der Waals surface area contributed by atoms with Gasteiger partial charge in [-0.3, -0.25) is 9.52 Å². The number of rotatable bonds is 4. The molecule has 0 radical (unpaired) electrons. The van der Waals surface area contributed by atoms with Crippen molar-refractivity contribution in [3.05, 3.63) is 0 Å². The average molecular weight is 209 g/mol. The Hall–Kier alpha value is 0.130. The summed E-state index contributed by atoms with van der Waals surface area (Å²) in [4.78, 5) is 10.5. The van der Waals surface area contributed by atoms with Gasteiger partial charge in [0, 0.05) is 10.5 Å². The topological polar surface area (TPSA) is 49.3 Å². The predicted octanol–water partition coefficient (Wildman–Crippen LogP) is 1.41. The van der Waals surface area contributed by atoms with Crippen LogP contribution in [0, 0.1) is 0 Å². The van der Waals surface area contributed by atoms with E-state index in [1.54, 1.807) is 11.8 Å². The van der Waals surface area contributed by atoms with Crippen molar-refractivity contribution in [1.29, 1.82) is 0 Å². The molecule has 12 heavy (non-hydrogen) atoms. The molecular formula is C7H15NO2S2. The zero-order valence-electron chi connectivity index (χ0n) is 7.50. The van der Waals surface area contributed by atoms with Crippen molar-refractivity contribution in [2.75, 3.05) is 5.75 Å². The molecule has 72 valence electrons. The first-order chi connectivity index (χ1) is 5.37. The van der Waals surface area contributed by atoms with Crippen molar-refractivity contribution in [3.63, 3.8) is 0 Å². The van der Waals surface area contributed by atoms with Crippen LogP contribution in [0.5, 0.6) is 0 Å². The maximum Gasteiger partial charge on any atom is 0.322 e. The fourth-order valence-electron chi connectivity index (χ4n) is 0.497. The molecule has 0 saturated carbocycles. The van der Waals surface area contributed by atoms with Gasteiger partial charge in [0.15, 0.2) is 0 Å². The van der Waals surface area contributed by atoms with Gasteiger partial charge in [0.05, 0.1) is 0 Å². The lowest BCUT2D eigenvalue weighted by Gasteiger charge is -2.19. The summed E-state index contributed by atoms with van der Waals surface area (Å²) in [6, 6.07) is -0.572. The molecule has 1 unspecified atom stereocenters. The fourth-order valence-corrected chi connectivity index (χ4v) is 1.71. The highest BCUT2D eigenvalue weighted by Crippen LogP contribution is 2.23. The van der Waals surface area contributed by atoms with Crippen LogP contribution in [-0.2, 0) is 4.79 Å². The SMILES string of the molecule is CC(C)(C)SCC(NS)C(=O)O. The third-order valence-corrected chi connectivity index (χ3v) is 2.81. The predicted molar refractivity (Wildman–Crippen MR) is 55.8 cm³/mol. The summed E-state index contributed by atoms with van der Waals surface area (Å²) in [6.07, 6.45) is 0. The molecule has 0 heterocycles. The summed E-state index contributed by atoms with van der Waals surface area (Å²) >= 11 is 5.34. The van der Waals surface area contributed by atoms with E-state index in [0.717, 1.165) is 0 Å². The van der Waals surface area contributed by atoms with E-state index in [9.17, 15) is 4.79 Å². The van der Waals surface area contributed by atoms with Crippen LogP contribution in [0.2, 0.25) is 0 Å². The van der Waals surface area contributed by atoms with E-state index >= 15 is 0 Å². The Morgan fingerprint density at radius 1 is 1.67 bits per heavy atom. The molecule has 0 bridgehead atoms. The lowest BCUT2D eigenvalue weighted by Crippen LogP contribution is -2.34. The zero-order valence-corrected chi connectivity index (χ0v) is 9.21. The van der Waals surface area contributed by atoms with Crippen LogP contribution in [0.3, 0.4) is 0 Å². The molecule has 0 aromatic rings. The van der Waals surface area contributed by atoms with Gasteiger partial charge < -0.3 is 5.11 Å². The molecule has 0 aromatic carbocycles. The number of hydrogen-bond donors (Lipinski definition) is 3. The van der Waals surface area contributed by atoms with E-state index in [0.29, 0.717) is 5.75 Å². The maximum absolute atomic E-state index is 10.5. The second-order valence-electron chi connectivity index (χ2n) is 3.44. The van der Waals surface area contributed by atoms with E-state index in [4.69, 9.17) is 5.11 Å². The third-order valence-electron chi connectivity index (χ3n) is 1.14. The molecule has 0 rings (SSSR count). The minimum absolute atomic E-state index is 0.0956. The number of hydrogen-bond acceptors (Lipinski definition) is 4. The quantitative estimate of drug-likeness (QED) is 0.613. The number of carboxylic acid groups (broad SMARTS) is 1. The monoisotopic (exact) mass is 209 g/mol. The molecule has 0 amide bonds. The van der Waals surface area contributed by atoms with Crippen molar-refractivity contribution in [2.24, 2.45) is 0 Å². The summed E-state index contributed by atoms with van der Waals surface area (Å²) < 4.78 is 2.54. The molecule has 5 heteroatoms. The Morgan fingerprint density at radius 3 is 2.42 bits per heavy atom. The molecule has 0 spiro atoms. The van der Waals surface area contributed by atoms with E-state index in [-0.39, 0.29) is 4.75 Å². The van der Waals surface area contributed by atoms with Crippen molar-refractivity contribution < 1.29 is 9.90 Å². The van der Waals surface area contributed by atoms with Gasteiger partial charge in [0.1, 0.15) is 6.04 Å². The molecule has 0 aromatic heterocycles. The van der Waals surface area contributed by atoms with Gasteiger partial charge in [-0.1, -0.05) is 33.6 Å². The number of aliphatic carboxylic acids is 1. The first-order valence-corrected chi connectivity index (χ1v) is 5.06. The van der Waals surface area contributed by atoms with Crippen LogP contribution < -0.4 is 4.72 Å². The highest BCUT2D eigenvalue weighted by Gasteiger charge is 2.19. The third kappa shape index (κ3) is 5.74. The Kier molecular flexibility index (Phi) is 5.04. The molecule has 3 nitrogen and oxygen atoms in total. The standard InChI is InChI=1S/C7H15NO2S2/c1-7(2,3)12-4-5(8-11)6(9)10/h5,8,11H,4H2,1-3H3,(H,9,10). The largest absolute Gasteiger partial charge is 0.480 e. The smallest absolute Gasteiger partial charge is 0.322 e. The molecule has 0 fully saturated rings. The maximum atomic E-state index is 10.5. The van der Waals surface area contributed by atoms with Crippen LogP contribution in [0.25, 0.3) is 0 Å². The molecular weight excluding hydrogens is 194 g/mol. The summed E-state index contributed by atoms with van der Waals surface area (Å²) in [5, 5.41) is 8.65. The Balaban J connectivity index is 3.81. The minimum atomic E-state index is -0.859. The Labute approximate surface area is 82.8 Å². The Bertz CT molecular complexity index is 156. The van der Waals surface area contributed by atoms with Crippen molar-refractivity contribution in [1.82, 2.24) is 4.72 Å². The highest BCUT2D eigenvalue weighted by atomic mass is 32.2. The molecule has 1 atom stereocenters. The number of nitrogens with one attached hydrogen (secondary N) is 1. The van der Waals surface area contributed by atoms with Crippen LogP contribution in [0.1, 0.15) is 20.8 Å². The van der Waals surface area contributed by atoms with Gasteiger partial charge in [-0.15, -0.1) is 0 Å². The van der Waals surface area contributed by atoms with Crippen molar-refractivity contribution in [2.45, 2.75) is 31.6 Å². The first-order valence-electron chi connectivity index (χ1n) is 3.63. The molecule has 0 aliphatic rings.